The van der Waals surface area contributed by atoms with Crippen molar-refractivity contribution in [1.82, 2.24) is 14.9 Å². The molecule has 3 saturated heterocycles. The summed E-state index contributed by atoms with van der Waals surface area (Å²) in [6.45, 7) is 1.81. The minimum absolute atomic E-state index is 0.0194. The first-order valence-electron chi connectivity index (χ1n) is 15.7. The first-order chi connectivity index (χ1) is 22.6. The van der Waals surface area contributed by atoms with Crippen LogP contribution in [0.5, 0.6) is 6.01 Å². The molecule has 1 unspecified atom stereocenters. The molecular formula is C33H32ClF3N6O3S. The number of anilines is 2. The molecule has 4 aromatic rings. The third kappa shape index (κ3) is 5.50. The highest BCUT2D eigenvalue weighted by molar-refractivity contribution is 7.23. The number of aliphatic carboxylic acids is 1. The van der Waals surface area contributed by atoms with Gasteiger partial charge in [0.1, 0.15) is 41.0 Å². The molecule has 0 spiro atoms. The van der Waals surface area contributed by atoms with Crippen molar-refractivity contribution in [2.24, 2.45) is 5.92 Å². The lowest BCUT2D eigenvalue weighted by molar-refractivity contribution is -0.141. The van der Waals surface area contributed by atoms with E-state index in [0.29, 0.717) is 25.9 Å². The number of thiophene rings is 1. The van der Waals surface area contributed by atoms with E-state index in [-0.39, 0.29) is 72.7 Å². The van der Waals surface area contributed by atoms with Gasteiger partial charge in [0.25, 0.3) is 0 Å². The number of carboxylic acids is 1. The summed E-state index contributed by atoms with van der Waals surface area (Å²) in [5.74, 6) is -2.76. The number of nitrogen functional groups attached to an aromatic ring is 1. The Hall–Kier alpha value is -3.86. The van der Waals surface area contributed by atoms with E-state index in [1.54, 1.807) is 0 Å². The highest BCUT2D eigenvalue weighted by Gasteiger charge is 2.49. The molecule has 3 aliphatic rings. The van der Waals surface area contributed by atoms with Gasteiger partial charge in [0.15, 0.2) is 5.82 Å². The fourth-order valence-electron chi connectivity index (χ4n) is 7.58. The van der Waals surface area contributed by atoms with Gasteiger partial charge >= 0.3 is 12.0 Å². The average molecular weight is 685 g/mol. The van der Waals surface area contributed by atoms with Crippen LogP contribution < -0.4 is 15.4 Å². The number of benzene rings is 2. The van der Waals surface area contributed by atoms with Gasteiger partial charge in [0.2, 0.25) is 0 Å². The lowest BCUT2D eigenvalue weighted by atomic mass is 9.95. The number of rotatable bonds is 6. The maximum atomic E-state index is 17.0. The van der Waals surface area contributed by atoms with Crippen LogP contribution in [0.15, 0.2) is 18.2 Å². The molecular weight excluding hydrogens is 653 g/mol. The Balaban J connectivity index is 1.40. The smallest absolute Gasteiger partial charge is 0.319 e. The zero-order chi connectivity index (χ0) is 33.0. The van der Waals surface area contributed by atoms with E-state index >= 15 is 4.39 Å². The van der Waals surface area contributed by atoms with E-state index < -0.39 is 35.2 Å². The van der Waals surface area contributed by atoms with Crippen molar-refractivity contribution in [3.8, 4) is 23.2 Å². The highest BCUT2D eigenvalue weighted by Crippen LogP contribution is 2.46. The highest BCUT2D eigenvalue weighted by atomic mass is 35.5. The molecule has 0 bridgehead atoms. The molecule has 14 heteroatoms. The van der Waals surface area contributed by atoms with Crippen molar-refractivity contribution >= 4 is 60.7 Å². The summed E-state index contributed by atoms with van der Waals surface area (Å²) >= 11 is 7.70. The first kappa shape index (κ1) is 31.7. The normalized spacial score (nSPS) is 23.5. The second-order valence-corrected chi connectivity index (χ2v) is 14.2. The number of nitrogens with two attached hydrogens (primary N) is 1. The van der Waals surface area contributed by atoms with E-state index in [1.165, 1.54) is 18.2 Å². The lowest BCUT2D eigenvalue weighted by Gasteiger charge is -2.32. The Bertz CT molecular complexity index is 1950. The van der Waals surface area contributed by atoms with E-state index in [1.807, 2.05) is 11.0 Å². The van der Waals surface area contributed by atoms with Crippen molar-refractivity contribution < 1.29 is 27.8 Å². The van der Waals surface area contributed by atoms with Crippen molar-refractivity contribution in [2.75, 3.05) is 43.4 Å². The van der Waals surface area contributed by atoms with Crippen LogP contribution in [0.1, 0.15) is 50.5 Å². The van der Waals surface area contributed by atoms with E-state index in [2.05, 4.69) is 9.88 Å². The van der Waals surface area contributed by atoms with Gasteiger partial charge in [-0.05, 0) is 49.9 Å². The Morgan fingerprint density at radius 3 is 2.83 bits per heavy atom. The predicted octanol–water partition coefficient (Wildman–Crippen LogP) is 6.93. The van der Waals surface area contributed by atoms with Gasteiger partial charge < -0.3 is 20.5 Å². The molecule has 47 heavy (non-hydrogen) atoms. The minimum Gasteiger partial charge on any atom is -0.481 e. The summed E-state index contributed by atoms with van der Waals surface area (Å²) in [5.41, 5.74) is 5.50. The number of nitrogens with zero attached hydrogens (tertiary/aromatic N) is 5. The van der Waals surface area contributed by atoms with Gasteiger partial charge in [-0.2, -0.15) is 15.2 Å². The van der Waals surface area contributed by atoms with E-state index in [0.717, 1.165) is 50.0 Å². The molecule has 3 aliphatic heterocycles. The zero-order valence-corrected chi connectivity index (χ0v) is 26.9. The maximum absolute atomic E-state index is 17.0. The molecule has 7 rings (SSSR count). The zero-order valence-electron chi connectivity index (χ0n) is 25.4. The first-order valence-corrected chi connectivity index (χ1v) is 16.9. The van der Waals surface area contributed by atoms with Gasteiger partial charge in [-0.15, -0.1) is 11.3 Å². The number of carbonyl (C=O) groups is 1. The monoisotopic (exact) mass is 684 g/mol. The van der Waals surface area contributed by atoms with Crippen molar-refractivity contribution in [3.05, 3.63) is 40.4 Å². The molecule has 3 fully saturated rings. The molecule has 9 nitrogen and oxygen atoms in total. The standard InChI is InChI=1S/C33H32ClF3N6O3S/c34-22-11-20-27(26(37)25(22)19-6-7-23(36)28-24(19)21(13-38)29(39)47-28)40-32(46-16-33-8-4-10-43(33)15-18(35)12-33)41-30(20)42-9-3-1-2-5-17(14-42)31(44)45/h6-7,11,17-18H,1-5,8-10,12,14-16,39H2,(H,44,45)/t17?,18-,33+/m1/s1. The molecule has 0 aliphatic carbocycles. The van der Waals surface area contributed by atoms with Crippen LogP contribution in [-0.2, 0) is 4.79 Å². The Morgan fingerprint density at radius 1 is 1.21 bits per heavy atom. The third-order valence-corrected chi connectivity index (χ3v) is 11.2. The number of aromatic nitrogens is 2. The molecule has 0 amide bonds. The molecule has 3 atom stereocenters. The minimum atomic E-state index is -0.972. The van der Waals surface area contributed by atoms with Crippen LogP contribution in [-0.4, -0.2) is 70.4 Å². The summed E-state index contributed by atoms with van der Waals surface area (Å²) in [4.78, 5) is 25.3. The molecule has 0 radical (unpaired) electrons. The molecule has 246 valence electrons. The average Bonchev–Trinajstić information content (AvgIpc) is 3.66. The van der Waals surface area contributed by atoms with Crippen LogP contribution in [0.4, 0.5) is 24.0 Å². The summed E-state index contributed by atoms with van der Waals surface area (Å²) in [6.07, 6.45) is 3.87. The van der Waals surface area contributed by atoms with Gasteiger partial charge in [0, 0.05) is 42.4 Å². The van der Waals surface area contributed by atoms with E-state index in [4.69, 9.17) is 27.1 Å². The number of hydrogen-bond acceptors (Lipinski definition) is 9. The lowest BCUT2D eigenvalue weighted by Crippen LogP contribution is -2.43. The largest absolute Gasteiger partial charge is 0.481 e. The van der Waals surface area contributed by atoms with Crippen LogP contribution in [0.2, 0.25) is 5.02 Å². The maximum Gasteiger partial charge on any atom is 0.319 e. The summed E-state index contributed by atoms with van der Waals surface area (Å²) in [6, 6.07) is 5.93. The summed E-state index contributed by atoms with van der Waals surface area (Å²) < 4.78 is 52.6. The van der Waals surface area contributed by atoms with Crippen LogP contribution in [0.3, 0.4) is 0 Å². The number of halogens is 4. The number of ether oxygens (including phenoxy) is 1. The Morgan fingerprint density at radius 2 is 2.04 bits per heavy atom. The molecule has 3 N–H and O–H groups in total. The predicted molar refractivity (Wildman–Crippen MR) is 175 cm³/mol. The molecule has 2 aromatic carbocycles. The van der Waals surface area contributed by atoms with Gasteiger partial charge in [0.05, 0.1) is 26.7 Å². The number of alkyl halides is 1. The van der Waals surface area contributed by atoms with Crippen molar-refractivity contribution in [2.45, 2.75) is 56.7 Å². The van der Waals surface area contributed by atoms with Crippen molar-refractivity contribution in [1.29, 1.82) is 5.26 Å². The summed E-state index contributed by atoms with van der Waals surface area (Å²) in [7, 11) is 0. The fourth-order valence-corrected chi connectivity index (χ4v) is 8.82. The van der Waals surface area contributed by atoms with Crippen LogP contribution in [0.25, 0.3) is 32.1 Å². The van der Waals surface area contributed by atoms with Gasteiger partial charge in [-0.25, -0.2) is 13.2 Å². The summed E-state index contributed by atoms with van der Waals surface area (Å²) in [5, 5.41) is 20.3. The SMILES string of the molecule is N#Cc1c(N)sc2c(F)ccc(-c3c(Cl)cc4c(N5CCCCCC(C(=O)O)C5)nc(OC[C@@]56CCCN5C[C@H](F)C6)nc4c3F)c12. The number of nitriles is 1. The molecule has 5 heterocycles. The third-order valence-electron chi connectivity index (χ3n) is 9.84. The number of fused-ring (bicyclic) bond motifs is 3. The molecule has 2 aromatic heterocycles. The number of hydrogen-bond donors (Lipinski definition) is 2. The van der Waals surface area contributed by atoms with Crippen molar-refractivity contribution in [3.63, 3.8) is 0 Å². The fraction of sp³-hybridized carbons (Fsp3) is 0.455. The van der Waals surface area contributed by atoms with E-state index in [9.17, 15) is 23.9 Å². The van der Waals surface area contributed by atoms with Crippen LogP contribution in [0, 0.1) is 28.9 Å². The number of carboxylic acid groups (broad SMARTS) is 1. The molecule has 0 saturated carbocycles. The second-order valence-electron chi connectivity index (χ2n) is 12.7. The second kappa shape index (κ2) is 12.3. The Kier molecular flexibility index (Phi) is 8.30. The Labute approximate surface area is 277 Å². The van der Waals surface area contributed by atoms with Gasteiger partial charge in [-0.3, -0.25) is 9.69 Å². The van der Waals surface area contributed by atoms with Gasteiger partial charge in [-0.1, -0.05) is 30.5 Å². The quantitative estimate of drug-likeness (QED) is 0.222. The van der Waals surface area contributed by atoms with Crippen LogP contribution >= 0.6 is 22.9 Å². The topological polar surface area (TPSA) is 129 Å².